The van der Waals surface area contributed by atoms with Crippen LogP contribution in [0.2, 0.25) is 15.3 Å². The van der Waals surface area contributed by atoms with Gasteiger partial charge in [0.1, 0.15) is 0 Å². The van der Waals surface area contributed by atoms with Crippen LogP contribution in [0, 0.1) is 0 Å². The molecule has 0 unspecified atom stereocenters. The van der Waals surface area contributed by atoms with Crippen LogP contribution in [0.25, 0.3) is 120 Å². The Morgan fingerprint density at radius 3 is 1.15 bits per heavy atom. The van der Waals surface area contributed by atoms with E-state index >= 15 is 0 Å². The summed E-state index contributed by atoms with van der Waals surface area (Å²) in [6.07, 6.45) is 0. The van der Waals surface area contributed by atoms with Crippen molar-refractivity contribution in [1.29, 1.82) is 0 Å². The van der Waals surface area contributed by atoms with Gasteiger partial charge in [-0.1, -0.05) is 217 Å². The number of fused-ring (bicyclic) bond motifs is 6. The summed E-state index contributed by atoms with van der Waals surface area (Å²) in [6.45, 7) is 0. The first-order valence-corrected chi connectivity index (χ1v) is 28.2. The quantitative estimate of drug-likeness (QED) is 0.145. The molecule has 0 radical (unpaired) electrons. The van der Waals surface area contributed by atoms with Crippen molar-refractivity contribution in [2.45, 2.75) is 0 Å². The summed E-state index contributed by atoms with van der Waals surface area (Å²) in [4.78, 5) is 28.9. The molecule has 0 saturated heterocycles. The third kappa shape index (κ3) is 11.1. The molecule has 0 aliphatic rings. The molecule has 0 spiro atoms. The third-order valence-electron chi connectivity index (χ3n) is 13.3. The molecule has 14 aromatic rings. The predicted octanol–water partition coefficient (Wildman–Crippen LogP) is 17.5. The van der Waals surface area contributed by atoms with E-state index in [0.717, 1.165) is 54.8 Å². The first-order chi connectivity index (χ1) is 39.2. The Balaban J connectivity index is 0.000000137. The molecule has 384 valence electrons. The van der Waals surface area contributed by atoms with Crippen molar-refractivity contribution in [2.24, 2.45) is 0 Å². The highest BCUT2D eigenvalue weighted by atomic mass is 35.5. The van der Waals surface area contributed by atoms with Gasteiger partial charge in [0, 0.05) is 78.2 Å². The molecule has 8 nitrogen and oxygen atoms in total. The van der Waals surface area contributed by atoms with Gasteiger partial charge in [0.25, 0.3) is 0 Å². The van der Waals surface area contributed by atoms with Crippen molar-refractivity contribution in [2.75, 3.05) is 0 Å². The van der Waals surface area contributed by atoms with Crippen molar-refractivity contribution in [3.63, 3.8) is 0 Å². The van der Waals surface area contributed by atoms with Gasteiger partial charge in [-0.2, -0.15) is 9.97 Å². The van der Waals surface area contributed by atoms with E-state index in [1.54, 1.807) is 40.9 Å². The van der Waals surface area contributed by atoms with Gasteiger partial charge in [0.2, 0.25) is 5.28 Å². The summed E-state index contributed by atoms with van der Waals surface area (Å²) >= 11 is 21.9. The Kier molecular flexibility index (Phi) is 15.3. The van der Waals surface area contributed by atoms with Crippen LogP contribution in [-0.2, 0) is 0 Å². The number of hydrogen-bond acceptors (Lipinski definition) is 10. The lowest BCUT2D eigenvalue weighted by Crippen LogP contribution is -2.29. The molecule has 0 amide bonds. The summed E-state index contributed by atoms with van der Waals surface area (Å²) in [7, 11) is -1.43. The molecule has 80 heavy (non-hydrogen) atoms. The van der Waals surface area contributed by atoms with Gasteiger partial charge in [-0.15, -0.1) is 22.7 Å². The Bertz CT molecular complexity index is 4550. The van der Waals surface area contributed by atoms with E-state index < -0.39 is 7.12 Å². The van der Waals surface area contributed by atoms with Crippen LogP contribution in [-0.4, -0.2) is 47.1 Å². The molecule has 0 fully saturated rings. The van der Waals surface area contributed by atoms with E-state index in [1.165, 1.54) is 41.7 Å². The van der Waals surface area contributed by atoms with E-state index in [4.69, 9.17) is 64.8 Å². The lowest BCUT2D eigenvalue weighted by atomic mass is 9.81. The highest BCUT2D eigenvalue weighted by Crippen LogP contribution is 2.42. The number of nitrogens with zero attached hydrogens (tertiary/aromatic N) is 6. The Labute approximate surface area is 484 Å². The van der Waals surface area contributed by atoms with Crippen LogP contribution in [0.4, 0.5) is 0 Å². The number of aromatic nitrogens is 6. The fourth-order valence-electron chi connectivity index (χ4n) is 9.57. The smallest absolute Gasteiger partial charge is 0.423 e. The maximum absolute atomic E-state index is 8.65. The van der Waals surface area contributed by atoms with Gasteiger partial charge in [-0.25, -0.2) is 19.9 Å². The summed E-state index contributed by atoms with van der Waals surface area (Å²) in [5, 5.41) is 23.5. The summed E-state index contributed by atoms with van der Waals surface area (Å²) in [5.41, 5.74) is 9.44. The minimum atomic E-state index is -1.43. The number of hydrogen-bond donors (Lipinski definition) is 2. The minimum absolute atomic E-state index is 0.186. The van der Waals surface area contributed by atoms with Crippen LogP contribution < -0.4 is 5.46 Å². The maximum Gasteiger partial charge on any atom is 0.488 e. The van der Waals surface area contributed by atoms with Crippen molar-refractivity contribution < 1.29 is 10.0 Å². The van der Waals surface area contributed by atoms with Crippen LogP contribution in [0.15, 0.2) is 243 Å². The van der Waals surface area contributed by atoms with Gasteiger partial charge < -0.3 is 10.0 Å². The zero-order valence-electron chi connectivity index (χ0n) is 42.2. The average molecular weight is 1130 g/mol. The second kappa shape index (κ2) is 23.5. The fraction of sp³-hybridized carbons (Fsp3) is 0. The molecular formula is C66H42BCl3N6O2S2. The standard InChI is InChI=1S/C33H20ClN3S.C27H16ClN3S.C6H6BClO2/c34-23-13-8-12-22(20-23)31-35-32(27-16-5-4-14-24(27)21-10-2-1-3-11-21)37-33(36-31)28-18-9-17-26-25-15-6-7-19-29(25)38-30(26)28;28-27-30-25(21-13-5-4-11-18(21)17-9-2-1-3-10-17)29-26(31-27)22-15-8-14-20-19-12-6-7-16-23(19)32-24(20)22;8-6-3-1-2-5(4-6)7(9)10/h1-20H;1-16H;1-4,9-10H. The van der Waals surface area contributed by atoms with Gasteiger partial charge >= 0.3 is 7.12 Å². The topological polar surface area (TPSA) is 118 Å². The SMILES string of the molecule is Clc1cccc(-c2nc(-c3ccccc3-c3ccccc3)nc(-c3cccc4c3sc3ccccc34)n2)c1.Clc1nc(-c2ccccc2-c2ccccc2)nc(-c2cccc3c2sc2ccccc23)n1.OB(O)c1cccc(Cl)c1. The van der Waals surface area contributed by atoms with E-state index in [-0.39, 0.29) is 5.28 Å². The molecular weight excluding hydrogens is 1090 g/mol. The van der Waals surface area contributed by atoms with Crippen LogP contribution in [0.3, 0.4) is 0 Å². The molecule has 14 rings (SSSR count). The lowest BCUT2D eigenvalue weighted by molar-refractivity contribution is 0.426. The van der Waals surface area contributed by atoms with Crippen molar-refractivity contribution in [1.82, 2.24) is 29.9 Å². The number of thiophene rings is 2. The molecule has 2 N–H and O–H groups in total. The van der Waals surface area contributed by atoms with E-state index in [9.17, 15) is 0 Å². The summed E-state index contributed by atoms with van der Waals surface area (Å²) < 4.78 is 4.80. The molecule has 0 bridgehead atoms. The van der Waals surface area contributed by atoms with Crippen molar-refractivity contribution in [3.8, 4) is 79.2 Å². The van der Waals surface area contributed by atoms with Gasteiger partial charge in [-0.3, -0.25) is 0 Å². The van der Waals surface area contributed by atoms with Crippen LogP contribution in [0.5, 0.6) is 0 Å². The maximum atomic E-state index is 8.65. The lowest BCUT2D eigenvalue weighted by Gasteiger charge is -2.12. The molecule has 14 heteroatoms. The molecule has 4 heterocycles. The largest absolute Gasteiger partial charge is 0.488 e. The molecule has 0 aliphatic heterocycles. The van der Waals surface area contributed by atoms with Crippen molar-refractivity contribution >= 4 is 110 Å². The van der Waals surface area contributed by atoms with Gasteiger partial charge in [0.05, 0.1) is 0 Å². The number of halogens is 3. The zero-order valence-corrected chi connectivity index (χ0v) is 46.1. The Morgan fingerprint density at radius 2 is 0.662 bits per heavy atom. The predicted molar refractivity (Wildman–Crippen MR) is 335 cm³/mol. The Hall–Kier alpha value is -8.49. The molecule has 0 saturated carbocycles. The van der Waals surface area contributed by atoms with E-state index in [2.05, 4.69) is 131 Å². The average Bonchev–Trinajstić information content (AvgIpc) is 4.09. The highest BCUT2D eigenvalue weighted by Gasteiger charge is 2.20. The van der Waals surface area contributed by atoms with E-state index in [1.807, 2.05) is 97.1 Å². The molecule has 10 aromatic carbocycles. The van der Waals surface area contributed by atoms with Crippen LogP contribution >= 0.6 is 57.5 Å². The zero-order chi connectivity index (χ0) is 54.5. The van der Waals surface area contributed by atoms with Gasteiger partial charge in [-0.05, 0) is 87.8 Å². The molecule has 0 atom stereocenters. The monoisotopic (exact) mass is 1130 g/mol. The normalized spacial score (nSPS) is 11.1. The number of rotatable bonds is 8. The molecule has 0 aliphatic carbocycles. The summed E-state index contributed by atoms with van der Waals surface area (Å²) in [6, 6.07) is 80.6. The summed E-state index contributed by atoms with van der Waals surface area (Å²) in [5.74, 6) is 3.01. The second-order valence-electron chi connectivity index (χ2n) is 18.4. The van der Waals surface area contributed by atoms with E-state index in [0.29, 0.717) is 44.6 Å². The van der Waals surface area contributed by atoms with Crippen LogP contribution in [0.1, 0.15) is 0 Å². The second-order valence-corrected chi connectivity index (χ2v) is 21.7. The third-order valence-corrected chi connectivity index (χ3v) is 16.3. The first kappa shape index (κ1) is 52.2. The fourth-order valence-corrected chi connectivity index (χ4v) is 12.5. The van der Waals surface area contributed by atoms with Crippen molar-refractivity contribution in [3.05, 3.63) is 258 Å². The first-order valence-electron chi connectivity index (χ1n) is 25.4. The van der Waals surface area contributed by atoms with Gasteiger partial charge in [0.15, 0.2) is 29.1 Å². The molecule has 4 aromatic heterocycles. The highest BCUT2D eigenvalue weighted by molar-refractivity contribution is 7.26. The minimum Gasteiger partial charge on any atom is -0.423 e. The Morgan fingerprint density at radius 1 is 0.300 bits per heavy atom. The number of benzene rings is 10.